The molecular formula is C40H70O4. The highest BCUT2D eigenvalue weighted by Gasteiger charge is 2.47. The van der Waals surface area contributed by atoms with Crippen molar-refractivity contribution in [1.82, 2.24) is 0 Å². The predicted molar refractivity (Wildman–Crippen MR) is 182 cm³/mol. The lowest BCUT2D eigenvalue weighted by atomic mass is 9.55. The maximum Gasteiger partial charge on any atom is 0.303 e. The summed E-state index contributed by atoms with van der Waals surface area (Å²) in [6, 6.07) is 0. The van der Waals surface area contributed by atoms with Crippen LogP contribution in [0.2, 0.25) is 0 Å². The Morgan fingerprint density at radius 2 is 0.614 bits per heavy atom. The van der Waals surface area contributed by atoms with Crippen LogP contribution in [0.5, 0.6) is 0 Å². The Bertz CT molecular complexity index is 707. The van der Waals surface area contributed by atoms with Crippen LogP contribution in [0.25, 0.3) is 0 Å². The molecule has 4 fully saturated rings. The van der Waals surface area contributed by atoms with Crippen molar-refractivity contribution in [1.29, 1.82) is 0 Å². The fourth-order valence-corrected chi connectivity index (χ4v) is 11.5. The Hall–Kier alpha value is -1.06. The van der Waals surface area contributed by atoms with E-state index in [1.807, 2.05) is 0 Å². The van der Waals surface area contributed by atoms with Crippen LogP contribution in [0.1, 0.15) is 205 Å². The zero-order valence-electron chi connectivity index (χ0n) is 28.6. The van der Waals surface area contributed by atoms with Gasteiger partial charge in [-0.15, -0.1) is 0 Å². The van der Waals surface area contributed by atoms with Crippen LogP contribution in [0, 0.1) is 34.5 Å². The summed E-state index contributed by atoms with van der Waals surface area (Å²) in [7, 11) is 0. The number of carboxylic acid groups (broad SMARTS) is 2. The first-order chi connectivity index (χ1) is 21.5. The van der Waals surface area contributed by atoms with Crippen molar-refractivity contribution < 1.29 is 19.8 Å². The van der Waals surface area contributed by atoms with Crippen LogP contribution in [-0.4, -0.2) is 22.2 Å². The molecule has 4 nitrogen and oxygen atoms in total. The summed E-state index contributed by atoms with van der Waals surface area (Å²) in [6.07, 6.45) is 39.1. The Balaban J connectivity index is 1.21. The van der Waals surface area contributed by atoms with E-state index >= 15 is 0 Å². The summed E-state index contributed by atoms with van der Waals surface area (Å²) >= 11 is 0. The van der Waals surface area contributed by atoms with Crippen LogP contribution in [0.4, 0.5) is 0 Å². The molecule has 0 heterocycles. The second-order valence-corrected chi connectivity index (χ2v) is 16.3. The van der Waals surface area contributed by atoms with Gasteiger partial charge in [-0.25, -0.2) is 0 Å². The first-order valence-electron chi connectivity index (χ1n) is 19.9. The van der Waals surface area contributed by atoms with Crippen LogP contribution in [0.15, 0.2) is 0 Å². The van der Waals surface area contributed by atoms with Gasteiger partial charge in [0.2, 0.25) is 0 Å². The minimum Gasteiger partial charge on any atom is -0.481 e. The van der Waals surface area contributed by atoms with Gasteiger partial charge in [-0.1, -0.05) is 128 Å². The molecule has 4 rings (SSSR count). The molecule has 4 saturated carbocycles. The molecule has 4 heteroatoms. The topological polar surface area (TPSA) is 74.6 Å². The average Bonchev–Trinajstić information content (AvgIpc) is 3.05. The standard InChI is InChI=1S/C40H70O4/c41-37(42)31-39(33-21-11-7-12-22-33,34-23-13-8-14-24-34)29-19-5-3-1-2-4-6-20-30-40(32-38(43)44,35-25-15-9-16-26-35)36-27-17-10-18-28-36/h33-36H,1-32H2,(H,41,42)(H,43,44). The van der Waals surface area contributed by atoms with E-state index in [1.165, 1.54) is 180 Å². The summed E-state index contributed by atoms with van der Waals surface area (Å²) in [6.45, 7) is 0. The van der Waals surface area contributed by atoms with E-state index in [0.29, 0.717) is 36.5 Å². The third kappa shape index (κ3) is 10.2. The van der Waals surface area contributed by atoms with Crippen LogP contribution >= 0.6 is 0 Å². The van der Waals surface area contributed by atoms with Crippen molar-refractivity contribution in [2.75, 3.05) is 0 Å². The zero-order valence-corrected chi connectivity index (χ0v) is 28.6. The molecule has 0 aromatic heterocycles. The fourth-order valence-electron chi connectivity index (χ4n) is 11.5. The molecule has 4 aliphatic rings. The number of hydrogen-bond acceptors (Lipinski definition) is 2. The second-order valence-electron chi connectivity index (χ2n) is 16.3. The van der Waals surface area contributed by atoms with Gasteiger partial charge in [0, 0.05) is 0 Å². The van der Waals surface area contributed by atoms with Gasteiger partial charge in [0.25, 0.3) is 0 Å². The number of rotatable bonds is 19. The fraction of sp³-hybridized carbons (Fsp3) is 0.950. The molecule has 0 aliphatic heterocycles. The van der Waals surface area contributed by atoms with E-state index in [4.69, 9.17) is 0 Å². The molecule has 0 spiro atoms. The normalized spacial score (nSPS) is 22.3. The van der Waals surface area contributed by atoms with Gasteiger partial charge in [0.05, 0.1) is 12.8 Å². The summed E-state index contributed by atoms with van der Waals surface area (Å²) < 4.78 is 0. The molecule has 44 heavy (non-hydrogen) atoms. The van der Waals surface area contributed by atoms with E-state index in [2.05, 4.69) is 0 Å². The van der Waals surface area contributed by atoms with Gasteiger partial charge in [-0.3, -0.25) is 9.59 Å². The first-order valence-corrected chi connectivity index (χ1v) is 19.9. The highest BCUT2D eigenvalue weighted by Crippen LogP contribution is 2.55. The first kappa shape index (κ1) is 35.8. The van der Waals surface area contributed by atoms with Gasteiger partial charge in [0.15, 0.2) is 0 Å². The number of hydrogen-bond donors (Lipinski definition) is 2. The van der Waals surface area contributed by atoms with E-state index in [1.54, 1.807) is 0 Å². The Morgan fingerprint density at radius 3 is 0.841 bits per heavy atom. The van der Waals surface area contributed by atoms with E-state index in [9.17, 15) is 19.8 Å². The van der Waals surface area contributed by atoms with Crippen LogP contribution in [0.3, 0.4) is 0 Å². The third-order valence-corrected chi connectivity index (χ3v) is 13.7. The summed E-state index contributed by atoms with van der Waals surface area (Å²) in [5.74, 6) is 1.41. The Kier molecular flexibility index (Phi) is 15.4. The molecule has 2 N–H and O–H groups in total. The Labute approximate surface area is 271 Å². The van der Waals surface area contributed by atoms with Gasteiger partial charge < -0.3 is 10.2 Å². The molecule has 0 saturated heterocycles. The van der Waals surface area contributed by atoms with Crippen molar-refractivity contribution in [2.24, 2.45) is 34.5 Å². The number of carboxylic acids is 2. The minimum atomic E-state index is -0.555. The molecule has 0 bridgehead atoms. The molecule has 0 aromatic carbocycles. The predicted octanol–water partition coefficient (Wildman–Crippen LogP) is 12.1. The smallest absolute Gasteiger partial charge is 0.303 e. The molecule has 0 aromatic rings. The van der Waals surface area contributed by atoms with Crippen molar-refractivity contribution >= 4 is 11.9 Å². The van der Waals surface area contributed by atoms with Gasteiger partial charge >= 0.3 is 11.9 Å². The van der Waals surface area contributed by atoms with Crippen molar-refractivity contribution in [3.05, 3.63) is 0 Å². The van der Waals surface area contributed by atoms with Crippen molar-refractivity contribution in [2.45, 2.75) is 205 Å². The van der Waals surface area contributed by atoms with Gasteiger partial charge in [-0.05, 0) is 98.7 Å². The molecule has 0 radical (unpaired) electrons. The van der Waals surface area contributed by atoms with Crippen LogP contribution in [-0.2, 0) is 9.59 Å². The van der Waals surface area contributed by atoms with E-state index < -0.39 is 11.9 Å². The highest BCUT2D eigenvalue weighted by atomic mass is 16.4. The van der Waals surface area contributed by atoms with Gasteiger partial charge in [0.1, 0.15) is 0 Å². The van der Waals surface area contributed by atoms with Crippen LogP contribution < -0.4 is 0 Å². The summed E-state index contributed by atoms with van der Waals surface area (Å²) in [5, 5.41) is 20.1. The molecule has 0 unspecified atom stereocenters. The molecule has 4 aliphatic carbocycles. The van der Waals surface area contributed by atoms with E-state index in [-0.39, 0.29) is 10.8 Å². The molecular weight excluding hydrogens is 544 g/mol. The van der Waals surface area contributed by atoms with E-state index in [0.717, 1.165) is 12.8 Å². The number of aliphatic carboxylic acids is 2. The zero-order chi connectivity index (χ0) is 31.1. The second kappa shape index (κ2) is 18.9. The highest BCUT2D eigenvalue weighted by molar-refractivity contribution is 5.68. The van der Waals surface area contributed by atoms with Crippen molar-refractivity contribution in [3.8, 4) is 0 Å². The summed E-state index contributed by atoms with van der Waals surface area (Å²) in [4.78, 5) is 24.5. The maximum atomic E-state index is 12.2. The lowest BCUT2D eigenvalue weighted by Crippen LogP contribution is -2.42. The minimum absolute atomic E-state index is 0.0474. The third-order valence-electron chi connectivity index (χ3n) is 13.7. The quantitative estimate of drug-likeness (QED) is 0.142. The van der Waals surface area contributed by atoms with Crippen molar-refractivity contribution in [3.63, 3.8) is 0 Å². The number of unbranched alkanes of at least 4 members (excludes halogenated alkanes) is 7. The largest absolute Gasteiger partial charge is 0.481 e. The maximum absolute atomic E-state index is 12.2. The average molecular weight is 615 g/mol. The summed E-state index contributed by atoms with van der Waals surface area (Å²) in [5.41, 5.74) is 0.0948. The molecule has 254 valence electrons. The lowest BCUT2D eigenvalue weighted by molar-refractivity contribution is -0.145. The number of carbonyl (C=O) groups is 2. The lowest BCUT2D eigenvalue weighted by Gasteiger charge is -2.49. The monoisotopic (exact) mass is 615 g/mol. The molecule has 0 atom stereocenters. The Morgan fingerprint density at radius 1 is 0.386 bits per heavy atom. The molecule has 0 amide bonds. The van der Waals surface area contributed by atoms with Gasteiger partial charge in [-0.2, -0.15) is 0 Å². The SMILES string of the molecule is O=C(O)CC(CCCCCCCCCCC(CC(=O)O)(C1CCCCC1)C1CCCCC1)(C1CCCCC1)C1CCCCC1.